The van der Waals surface area contributed by atoms with Gasteiger partial charge >= 0.3 is 5.97 Å². The Hall–Kier alpha value is -2.76. The van der Waals surface area contributed by atoms with Gasteiger partial charge < -0.3 is 15.7 Å². The lowest BCUT2D eigenvalue weighted by Gasteiger charge is -2.31. The first-order chi connectivity index (χ1) is 17.1. The Bertz CT molecular complexity index is 1130. The molecule has 2 heterocycles. The normalized spacial score (nSPS) is 16.9. The van der Waals surface area contributed by atoms with Crippen LogP contribution in [-0.4, -0.2) is 60.8 Å². The maximum atomic E-state index is 13.0. The number of hydrogen-bond acceptors (Lipinski definition) is 6. The minimum Gasteiger partial charge on any atom is -0.480 e. The quantitative estimate of drug-likeness (QED) is 0.405. The smallest absolute Gasteiger partial charge is 0.326 e. The minimum atomic E-state index is -3.57. The fourth-order valence-electron chi connectivity index (χ4n) is 4.21. The molecule has 0 saturated carbocycles. The zero-order valence-electron chi connectivity index (χ0n) is 20.4. The fraction of sp³-hybridized carbons (Fsp3) is 0.480. The first kappa shape index (κ1) is 27.8. The zero-order valence-corrected chi connectivity index (χ0v) is 22.1. The van der Waals surface area contributed by atoms with E-state index in [4.69, 9.17) is 0 Å². The summed E-state index contributed by atoms with van der Waals surface area (Å²) < 4.78 is 27.1. The van der Waals surface area contributed by atoms with Gasteiger partial charge in [0.1, 0.15) is 16.3 Å². The highest BCUT2D eigenvalue weighted by atomic mass is 32.2. The Balaban J connectivity index is 1.61. The predicted octanol–water partition coefficient (Wildman–Crippen LogP) is 2.49. The van der Waals surface area contributed by atoms with Gasteiger partial charge in [-0.2, -0.15) is 4.31 Å². The molecule has 1 aromatic heterocycles. The van der Waals surface area contributed by atoms with E-state index in [2.05, 4.69) is 10.6 Å². The highest BCUT2D eigenvalue weighted by Crippen LogP contribution is 2.26. The van der Waals surface area contributed by atoms with Gasteiger partial charge in [-0.3, -0.25) is 9.59 Å². The minimum absolute atomic E-state index is 0.0798. The summed E-state index contributed by atoms with van der Waals surface area (Å²) in [5.41, 5.74) is 0.777. The maximum Gasteiger partial charge on any atom is 0.326 e. The van der Waals surface area contributed by atoms with Crippen molar-refractivity contribution in [3.63, 3.8) is 0 Å². The lowest BCUT2D eigenvalue weighted by Crippen LogP contribution is -2.54. The Morgan fingerprint density at radius 3 is 2.25 bits per heavy atom. The fourth-order valence-corrected chi connectivity index (χ4v) is 6.82. The molecule has 9 nitrogen and oxygen atoms in total. The monoisotopic (exact) mass is 535 g/mol. The topological polar surface area (TPSA) is 133 Å². The number of rotatable bonds is 11. The van der Waals surface area contributed by atoms with Crippen molar-refractivity contribution < 1.29 is 27.9 Å². The average Bonchev–Trinajstić information content (AvgIpc) is 3.39. The van der Waals surface area contributed by atoms with Gasteiger partial charge in [0.15, 0.2) is 0 Å². The summed E-state index contributed by atoms with van der Waals surface area (Å²) >= 11 is 1.16. The molecule has 36 heavy (non-hydrogen) atoms. The molecule has 1 fully saturated rings. The Morgan fingerprint density at radius 2 is 1.69 bits per heavy atom. The van der Waals surface area contributed by atoms with E-state index in [-0.39, 0.29) is 35.5 Å². The van der Waals surface area contributed by atoms with Crippen LogP contribution in [0.25, 0.3) is 0 Å². The summed E-state index contributed by atoms with van der Waals surface area (Å²) in [6.07, 6.45) is 1.17. The van der Waals surface area contributed by atoms with Crippen molar-refractivity contribution in [3.05, 3.63) is 53.4 Å². The number of piperidine rings is 1. The molecule has 0 aliphatic carbocycles. The molecule has 2 atom stereocenters. The van der Waals surface area contributed by atoms with E-state index in [1.807, 2.05) is 19.9 Å². The number of carboxylic acids is 1. The lowest BCUT2D eigenvalue weighted by molar-refractivity contribution is -0.142. The van der Waals surface area contributed by atoms with Crippen LogP contribution in [0.2, 0.25) is 0 Å². The summed E-state index contributed by atoms with van der Waals surface area (Å²) in [5, 5.41) is 16.7. The van der Waals surface area contributed by atoms with Crippen LogP contribution in [0, 0.1) is 11.8 Å². The highest BCUT2D eigenvalue weighted by Gasteiger charge is 2.34. The maximum absolute atomic E-state index is 13.0. The van der Waals surface area contributed by atoms with E-state index in [1.54, 1.807) is 41.8 Å². The third-order valence-corrected chi connectivity index (χ3v) is 9.42. The summed E-state index contributed by atoms with van der Waals surface area (Å²) in [4.78, 5) is 37.9. The van der Waals surface area contributed by atoms with Crippen LogP contribution in [-0.2, 0) is 30.8 Å². The third kappa shape index (κ3) is 7.37. The van der Waals surface area contributed by atoms with Crippen LogP contribution in [0.1, 0.15) is 38.7 Å². The molecule has 1 aliphatic rings. The summed E-state index contributed by atoms with van der Waals surface area (Å²) in [7, 11) is -3.57. The van der Waals surface area contributed by atoms with Gasteiger partial charge in [0.05, 0.1) is 0 Å². The van der Waals surface area contributed by atoms with Crippen molar-refractivity contribution in [2.45, 2.75) is 55.8 Å². The number of carbonyl (C=O) groups excluding carboxylic acids is 2. The molecule has 2 aromatic rings. The van der Waals surface area contributed by atoms with E-state index >= 15 is 0 Å². The van der Waals surface area contributed by atoms with E-state index in [9.17, 15) is 27.9 Å². The molecule has 1 aromatic carbocycles. The van der Waals surface area contributed by atoms with E-state index in [0.717, 1.165) is 16.9 Å². The number of thiophene rings is 1. The Morgan fingerprint density at radius 1 is 1.03 bits per heavy atom. The molecule has 0 bridgehead atoms. The second-order valence-corrected chi connectivity index (χ2v) is 12.5. The average molecular weight is 536 g/mol. The summed E-state index contributed by atoms with van der Waals surface area (Å²) in [6.45, 7) is 4.27. The molecule has 1 saturated heterocycles. The molecule has 2 amide bonds. The van der Waals surface area contributed by atoms with Gasteiger partial charge in [-0.05, 0) is 42.2 Å². The first-order valence-corrected chi connectivity index (χ1v) is 14.3. The molecule has 0 unspecified atom stereocenters. The number of sulfonamides is 1. The van der Waals surface area contributed by atoms with E-state index in [1.165, 1.54) is 4.31 Å². The SMILES string of the molecule is CC(C)C[C@H](NC(=O)C1CCN(S(=O)(=O)c2cccs2)CC1)C(=O)N[C@@H](Cc1ccccc1)C(=O)O. The standard InChI is InChI=1S/C25H33N3O6S2/c1-17(2)15-20(24(30)27-21(25(31)32)16-18-7-4-3-5-8-18)26-23(29)19-10-12-28(13-11-19)36(33,34)22-9-6-14-35-22/h3-9,14,17,19-21H,10-13,15-16H2,1-2H3,(H,26,29)(H,27,30)(H,31,32)/t20-,21-/m0/s1. The van der Waals surface area contributed by atoms with Crippen molar-refractivity contribution in [3.8, 4) is 0 Å². The first-order valence-electron chi connectivity index (χ1n) is 12.0. The molecule has 11 heteroatoms. The van der Waals surface area contributed by atoms with Crippen molar-refractivity contribution in [2.24, 2.45) is 11.8 Å². The van der Waals surface area contributed by atoms with Crippen LogP contribution in [0.5, 0.6) is 0 Å². The summed E-state index contributed by atoms with van der Waals surface area (Å²) in [6, 6.07) is 10.3. The van der Waals surface area contributed by atoms with E-state index in [0.29, 0.717) is 19.3 Å². The number of nitrogens with zero attached hydrogens (tertiary/aromatic N) is 1. The van der Waals surface area contributed by atoms with E-state index < -0.39 is 39.9 Å². The molecular formula is C25H33N3O6S2. The van der Waals surface area contributed by atoms with Crippen molar-refractivity contribution >= 4 is 39.1 Å². The molecule has 3 N–H and O–H groups in total. The molecule has 0 radical (unpaired) electrons. The second kappa shape index (κ2) is 12.5. The summed E-state index contributed by atoms with van der Waals surface area (Å²) in [5.74, 6) is -2.36. The van der Waals surface area contributed by atoms with Gasteiger partial charge in [0, 0.05) is 25.4 Å². The number of hydrogen-bond donors (Lipinski definition) is 3. The zero-order chi connectivity index (χ0) is 26.3. The van der Waals surface area contributed by atoms with Crippen LogP contribution >= 0.6 is 11.3 Å². The van der Waals surface area contributed by atoms with Gasteiger partial charge in [-0.25, -0.2) is 13.2 Å². The van der Waals surface area contributed by atoms with Crippen molar-refractivity contribution in [1.82, 2.24) is 14.9 Å². The van der Waals surface area contributed by atoms with Crippen LogP contribution < -0.4 is 10.6 Å². The number of amides is 2. The number of aliphatic carboxylic acids is 1. The number of carboxylic acid groups (broad SMARTS) is 1. The third-order valence-electron chi connectivity index (χ3n) is 6.15. The van der Waals surface area contributed by atoms with Gasteiger partial charge in [-0.15, -0.1) is 11.3 Å². The van der Waals surface area contributed by atoms with Crippen LogP contribution in [0.4, 0.5) is 0 Å². The largest absolute Gasteiger partial charge is 0.480 e. The molecular weight excluding hydrogens is 502 g/mol. The lowest BCUT2D eigenvalue weighted by atomic mass is 9.95. The van der Waals surface area contributed by atoms with Crippen LogP contribution in [0.15, 0.2) is 52.1 Å². The number of carbonyl (C=O) groups is 3. The second-order valence-electron chi connectivity index (χ2n) is 9.39. The Labute approximate surface area is 215 Å². The molecule has 0 spiro atoms. The molecule has 196 valence electrons. The molecule has 3 rings (SSSR count). The number of nitrogens with one attached hydrogen (secondary N) is 2. The number of benzene rings is 1. The van der Waals surface area contributed by atoms with Crippen molar-refractivity contribution in [2.75, 3.05) is 13.1 Å². The van der Waals surface area contributed by atoms with Gasteiger partial charge in [0.25, 0.3) is 10.0 Å². The van der Waals surface area contributed by atoms with Gasteiger partial charge in [0.2, 0.25) is 11.8 Å². The predicted molar refractivity (Wildman–Crippen MR) is 137 cm³/mol. The molecule has 1 aliphatic heterocycles. The highest BCUT2D eigenvalue weighted by molar-refractivity contribution is 7.91. The Kier molecular flexibility index (Phi) is 9.63. The van der Waals surface area contributed by atoms with Crippen molar-refractivity contribution in [1.29, 1.82) is 0 Å². The van der Waals surface area contributed by atoms with Crippen LogP contribution in [0.3, 0.4) is 0 Å². The van der Waals surface area contributed by atoms with Gasteiger partial charge in [-0.1, -0.05) is 50.2 Å².